The zero-order valence-corrected chi connectivity index (χ0v) is 22.0. The normalized spacial score (nSPS) is 49.5. The van der Waals surface area contributed by atoms with E-state index in [0.29, 0.717) is 0 Å². The van der Waals surface area contributed by atoms with E-state index in [4.69, 9.17) is 13.7 Å². The van der Waals surface area contributed by atoms with Crippen LogP contribution in [0.15, 0.2) is 11.6 Å². The summed E-state index contributed by atoms with van der Waals surface area (Å²) in [6, 6.07) is 0. The fraction of sp³-hybridized carbons (Fsp3) is 0.840. The molecule has 8 nitrogen and oxygen atoms in total. The fourth-order valence-electron chi connectivity index (χ4n) is 8.43. The van der Waals surface area contributed by atoms with E-state index < -0.39 is 80.6 Å². The number of allylic oxidation sites excluding steroid dienone is 1. The van der Waals surface area contributed by atoms with Gasteiger partial charge in [0.25, 0.3) is 10.1 Å². The highest BCUT2D eigenvalue weighted by Gasteiger charge is 2.80. The number of hydrogen-bond donors (Lipinski definition) is 1. The Morgan fingerprint density at radius 2 is 1.89 bits per heavy atom. The lowest BCUT2D eigenvalue weighted by molar-refractivity contribution is -0.254. The molecule has 11 heteroatoms. The Balaban J connectivity index is 1.61. The van der Waals surface area contributed by atoms with Gasteiger partial charge in [0.05, 0.1) is 18.5 Å². The predicted molar refractivity (Wildman–Crippen MR) is 123 cm³/mol. The van der Waals surface area contributed by atoms with Gasteiger partial charge in [0.1, 0.15) is 18.4 Å². The maximum absolute atomic E-state index is 17.4. The molecule has 0 aromatic carbocycles. The molecule has 36 heavy (non-hydrogen) atoms. The van der Waals surface area contributed by atoms with Crippen LogP contribution in [0.3, 0.4) is 0 Å². The molecule has 0 aromatic rings. The molecule has 1 N–H and O–H groups in total. The minimum Gasteiger partial charge on any atom is -0.390 e. The number of aliphatic hydroxyl groups excluding tert-OH is 1. The average molecular weight is 533 g/mol. The molecule has 0 amide bonds. The topological polar surface area (TPSA) is 116 Å². The van der Waals surface area contributed by atoms with Crippen LogP contribution in [0.1, 0.15) is 59.8 Å². The van der Waals surface area contributed by atoms with E-state index in [1.54, 1.807) is 27.7 Å². The fourth-order valence-corrected chi connectivity index (χ4v) is 8.75. The lowest BCUT2D eigenvalue weighted by Gasteiger charge is -2.64. The van der Waals surface area contributed by atoms with Crippen LogP contribution in [0, 0.1) is 22.7 Å². The van der Waals surface area contributed by atoms with Crippen molar-refractivity contribution in [2.75, 3.05) is 12.9 Å². The van der Waals surface area contributed by atoms with Crippen LogP contribution in [0.2, 0.25) is 0 Å². The van der Waals surface area contributed by atoms with Gasteiger partial charge in [0, 0.05) is 23.2 Å². The molecular weight excluding hydrogens is 498 g/mol. The highest BCUT2D eigenvalue weighted by atomic mass is 32.2. The number of hydrogen-bond acceptors (Lipinski definition) is 8. The standard InChI is InChI=1S/C25H34F2O8S/c1-21(2)34-20-10-14-15-9-17(26)16-8-13(28)6-7-22(16,3)24(15,27)18(29)11-23(14,4)25(20,35-21)19(30)12-33-36(5,31)32/h8,14-15,17-18,20,29H,6-7,9-12H2,1-5H3/t14-,15-,17-,18-,20+,22-,23-,24-,25+/m0/s1. The van der Waals surface area contributed by atoms with Gasteiger partial charge in [0.2, 0.25) is 0 Å². The van der Waals surface area contributed by atoms with Crippen molar-refractivity contribution in [1.29, 1.82) is 0 Å². The maximum atomic E-state index is 17.4. The molecule has 0 unspecified atom stereocenters. The Hall–Kier alpha value is -1.27. The van der Waals surface area contributed by atoms with Crippen molar-refractivity contribution in [2.24, 2.45) is 22.7 Å². The lowest BCUT2D eigenvalue weighted by Crippen LogP contribution is -2.71. The first kappa shape index (κ1) is 26.3. The van der Waals surface area contributed by atoms with E-state index in [1.807, 2.05) is 0 Å². The van der Waals surface area contributed by atoms with E-state index in [2.05, 4.69) is 0 Å². The Bertz CT molecular complexity index is 1150. The van der Waals surface area contributed by atoms with Crippen LogP contribution in [-0.4, -0.2) is 73.4 Å². The summed E-state index contributed by atoms with van der Waals surface area (Å²) in [5.41, 5.74) is -6.41. The Morgan fingerprint density at radius 3 is 2.53 bits per heavy atom. The second kappa shape index (κ2) is 7.65. The SMILES string of the molecule is CC1(C)O[C@@H]2C[C@H]3[C@@H]4C[C@H](F)C5=CC(=O)CC[C@]5(C)[C@@]4(F)[C@@H](O)C[C@]3(C)[C@]2(C(=O)COS(C)(=O)=O)O1. The number of ketones is 2. The van der Waals surface area contributed by atoms with Gasteiger partial charge in [-0.15, -0.1) is 0 Å². The van der Waals surface area contributed by atoms with Crippen molar-refractivity contribution in [3.05, 3.63) is 11.6 Å². The number of halogens is 2. The molecule has 4 fully saturated rings. The molecule has 5 aliphatic rings. The van der Waals surface area contributed by atoms with Crippen LogP contribution in [0.4, 0.5) is 8.78 Å². The van der Waals surface area contributed by atoms with E-state index in [0.717, 1.165) is 6.26 Å². The van der Waals surface area contributed by atoms with Crippen molar-refractivity contribution < 1.29 is 45.6 Å². The molecule has 9 atom stereocenters. The molecule has 0 bridgehead atoms. The molecule has 1 heterocycles. The Morgan fingerprint density at radius 1 is 1.22 bits per heavy atom. The molecular formula is C25H34F2O8S. The monoisotopic (exact) mass is 532 g/mol. The lowest BCUT2D eigenvalue weighted by atomic mass is 9.43. The summed E-state index contributed by atoms with van der Waals surface area (Å²) in [6.45, 7) is 5.77. The third-order valence-electron chi connectivity index (χ3n) is 9.84. The predicted octanol–water partition coefficient (Wildman–Crippen LogP) is 2.57. The summed E-state index contributed by atoms with van der Waals surface area (Å²) >= 11 is 0. The highest BCUT2D eigenvalue weighted by Crippen LogP contribution is 2.73. The quantitative estimate of drug-likeness (QED) is 0.550. The van der Waals surface area contributed by atoms with Crippen LogP contribution in [0.5, 0.6) is 0 Å². The van der Waals surface area contributed by atoms with Crippen LogP contribution >= 0.6 is 0 Å². The molecule has 1 aliphatic heterocycles. The van der Waals surface area contributed by atoms with Gasteiger partial charge < -0.3 is 14.6 Å². The number of rotatable bonds is 4. The first-order valence-electron chi connectivity index (χ1n) is 12.4. The van der Waals surface area contributed by atoms with Crippen molar-refractivity contribution in [3.63, 3.8) is 0 Å². The maximum Gasteiger partial charge on any atom is 0.264 e. The number of alkyl halides is 2. The van der Waals surface area contributed by atoms with E-state index in [-0.39, 0.29) is 43.5 Å². The van der Waals surface area contributed by atoms with E-state index >= 15 is 8.78 Å². The molecule has 1 saturated heterocycles. The summed E-state index contributed by atoms with van der Waals surface area (Å²) in [5.74, 6) is -3.71. The van der Waals surface area contributed by atoms with Crippen molar-refractivity contribution >= 4 is 21.7 Å². The summed E-state index contributed by atoms with van der Waals surface area (Å²) in [7, 11) is -3.94. The number of carbonyl (C=O) groups is 2. The molecule has 202 valence electrons. The van der Waals surface area contributed by atoms with Crippen molar-refractivity contribution in [3.8, 4) is 0 Å². The van der Waals surface area contributed by atoms with Crippen molar-refractivity contribution in [1.82, 2.24) is 0 Å². The van der Waals surface area contributed by atoms with Crippen LogP contribution in [-0.2, 0) is 33.4 Å². The summed E-state index contributed by atoms with van der Waals surface area (Å²) in [4.78, 5) is 25.8. The minimum atomic E-state index is -3.94. The van der Waals surface area contributed by atoms with Crippen molar-refractivity contribution in [2.45, 2.75) is 95.2 Å². The van der Waals surface area contributed by atoms with Gasteiger partial charge in [0.15, 0.2) is 23.0 Å². The summed E-state index contributed by atoms with van der Waals surface area (Å²) in [6.07, 6.45) is -2.07. The Kier molecular flexibility index (Phi) is 5.60. The third-order valence-corrected chi connectivity index (χ3v) is 10.4. The highest BCUT2D eigenvalue weighted by molar-refractivity contribution is 7.86. The van der Waals surface area contributed by atoms with Gasteiger partial charge in [-0.3, -0.25) is 13.8 Å². The molecule has 0 aromatic heterocycles. The summed E-state index contributed by atoms with van der Waals surface area (Å²) in [5, 5.41) is 11.5. The summed E-state index contributed by atoms with van der Waals surface area (Å²) < 4.78 is 73.4. The van der Waals surface area contributed by atoms with Gasteiger partial charge in [-0.05, 0) is 57.1 Å². The van der Waals surface area contributed by atoms with Gasteiger partial charge >= 0.3 is 0 Å². The third kappa shape index (κ3) is 3.25. The molecule has 4 aliphatic carbocycles. The van der Waals surface area contributed by atoms with E-state index in [9.17, 15) is 23.1 Å². The zero-order valence-electron chi connectivity index (χ0n) is 21.2. The van der Waals surface area contributed by atoms with Crippen LogP contribution in [0.25, 0.3) is 0 Å². The van der Waals surface area contributed by atoms with Crippen LogP contribution < -0.4 is 0 Å². The molecule has 3 saturated carbocycles. The molecule has 5 rings (SSSR count). The second-order valence-corrected chi connectivity index (χ2v) is 13.8. The smallest absolute Gasteiger partial charge is 0.264 e. The number of aliphatic hydroxyl groups is 1. The zero-order chi connectivity index (χ0) is 26.7. The number of Topliss-reactive ketones (excluding diaryl/α,β-unsaturated/α-hetero) is 1. The number of carbonyl (C=O) groups excluding carboxylic acids is 2. The Labute approximate surface area is 209 Å². The first-order valence-corrected chi connectivity index (χ1v) is 14.2. The van der Waals surface area contributed by atoms with E-state index in [1.165, 1.54) is 6.08 Å². The second-order valence-electron chi connectivity index (χ2n) is 12.2. The minimum absolute atomic E-state index is 0.0635. The number of fused-ring (bicyclic) bond motifs is 7. The average Bonchev–Trinajstić information content (AvgIpc) is 3.16. The van der Waals surface area contributed by atoms with Gasteiger partial charge in [-0.2, -0.15) is 8.42 Å². The van der Waals surface area contributed by atoms with Gasteiger partial charge in [-0.25, -0.2) is 8.78 Å². The van der Waals surface area contributed by atoms with Gasteiger partial charge in [-0.1, -0.05) is 13.8 Å². The molecule has 0 radical (unpaired) electrons. The largest absolute Gasteiger partial charge is 0.390 e. The first-order chi connectivity index (χ1) is 16.4. The number of ether oxygens (including phenoxy) is 2. The molecule has 0 spiro atoms.